The van der Waals surface area contributed by atoms with Crippen LogP contribution in [0.3, 0.4) is 0 Å². The Hall–Kier alpha value is -0.470. The van der Waals surface area contributed by atoms with Crippen LogP contribution in [0.2, 0.25) is 5.02 Å². The first-order chi connectivity index (χ1) is 7.27. The Balaban J connectivity index is 2.50. The van der Waals surface area contributed by atoms with Gasteiger partial charge in [-0.1, -0.05) is 37.4 Å². The molecule has 0 aliphatic carbocycles. The second-order valence-corrected chi connectivity index (χ2v) is 4.91. The highest BCUT2D eigenvalue weighted by molar-refractivity contribution is 7.99. The molecule has 0 atom stereocenters. The van der Waals surface area contributed by atoms with Crippen molar-refractivity contribution < 1.29 is 4.79 Å². The van der Waals surface area contributed by atoms with Gasteiger partial charge in [0.15, 0.2) is 0 Å². The van der Waals surface area contributed by atoms with Gasteiger partial charge in [-0.15, -0.1) is 11.8 Å². The molecule has 0 saturated heterocycles. The molecule has 0 N–H and O–H groups in total. The summed E-state index contributed by atoms with van der Waals surface area (Å²) in [6.45, 7) is 2.19. The molecule has 0 bridgehead atoms. The lowest BCUT2D eigenvalue weighted by Gasteiger charge is -2.04. The Bertz CT molecular complexity index is 325. The number of hydrogen-bond acceptors (Lipinski definition) is 2. The summed E-state index contributed by atoms with van der Waals surface area (Å²) in [7, 11) is 0. The SMILES string of the molecule is CCCCCSc1ccc(C=O)cc1Cl. The predicted molar refractivity (Wildman–Crippen MR) is 67.1 cm³/mol. The van der Waals surface area contributed by atoms with Gasteiger partial charge in [0.2, 0.25) is 0 Å². The Morgan fingerprint density at radius 3 is 2.80 bits per heavy atom. The first kappa shape index (κ1) is 12.6. The van der Waals surface area contributed by atoms with E-state index >= 15 is 0 Å². The second-order valence-electron chi connectivity index (χ2n) is 3.36. The minimum atomic E-state index is 0.637. The summed E-state index contributed by atoms with van der Waals surface area (Å²) in [5, 5.41) is 0.682. The van der Waals surface area contributed by atoms with Crippen molar-refractivity contribution in [1.29, 1.82) is 0 Å². The quantitative estimate of drug-likeness (QED) is 0.417. The molecular weight excluding hydrogens is 228 g/mol. The largest absolute Gasteiger partial charge is 0.298 e. The van der Waals surface area contributed by atoms with E-state index < -0.39 is 0 Å². The maximum absolute atomic E-state index is 10.5. The van der Waals surface area contributed by atoms with Gasteiger partial charge >= 0.3 is 0 Å². The summed E-state index contributed by atoms with van der Waals surface area (Å²) in [6.07, 6.45) is 4.53. The summed E-state index contributed by atoms with van der Waals surface area (Å²) >= 11 is 7.80. The van der Waals surface area contributed by atoms with Gasteiger partial charge in [-0.3, -0.25) is 4.79 Å². The van der Waals surface area contributed by atoms with Crippen molar-refractivity contribution in [3.05, 3.63) is 28.8 Å². The van der Waals surface area contributed by atoms with Gasteiger partial charge in [0.25, 0.3) is 0 Å². The minimum absolute atomic E-state index is 0.637. The molecule has 0 fully saturated rings. The van der Waals surface area contributed by atoms with E-state index in [9.17, 15) is 4.79 Å². The van der Waals surface area contributed by atoms with E-state index in [-0.39, 0.29) is 0 Å². The summed E-state index contributed by atoms with van der Waals surface area (Å²) in [5.74, 6) is 1.09. The zero-order valence-electron chi connectivity index (χ0n) is 8.83. The van der Waals surface area contributed by atoms with Crippen LogP contribution in [0.5, 0.6) is 0 Å². The Labute approximate surface area is 100 Å². The molecule has 0 aromatic heterocycles. The van der Waals surface area contributed by atoms with Crippen molar-refractivity contribution >= 4 is 29.6 Å². The predicted octanol–water partition coefficient (Wildman–Crippen LogP) is 4.43. The number of rotatable bonds is 6. The lowest BCUT2D eigenvalue weighted by Crippen LogP contribution is -1.84. The van der Waals surface area contributed by atoms with Crippen molar-refractivity contribution in [1.82, 2.24) is 0 Å². The highest BCUT2D eigenvalue weighted by Crippen LogP contribution is 2.28. The van der Waals surface area contributed by atoms with Gasteiger partial charge in [0.05, 0.1) is 5.02 Å². The number of carbonyl (C=O) groups is 1. The molecule has 1 aromatic carbocycles. The van der Waals surface area contributed by atoms with E-state index in [1.54, 1.807) is 23.9 Å². The van der Waals surface area contributed by atoms with Crippen molar-refractivity contribution in [3.63, 3.8) is 0 Å². The Morgan fingerprint density at radius 2 is 2.20 bits per heavy atom. The van der Waals surface area contributed by atoms with Crippen molar-refractivity contribution in [2.75, 3.05) is 5.75 Å². The van der Waals surface area contributed by atoms with Crippen LogP contribution in [0.4, 0.5) is 0 Å². The van der Waals surface area contributed by atoms with Gasteiger partial charge in [-0.05, 0) is 24.3 Å². The number of carbonyl (C=O) groups excluding carboxylic acids is 1. The van der Waals surface area contributed by atoms with Crippen LogP contribution in [-0.2, 0) is 0 Å². The lowest BCUT2D eigenvalue weighted by molar-refractivity contribution is 0.112. The summed E-state index contributed by atoms with van der Waals surface area (Å²) in [4.78, 5) is 11.6. The molecule has 0 aliphatic heterocycles. The molecule has 0 heterocycles. The van der Waals surface area contributed by atoms with E-state index in [1.807, 2.05) is 6.07 Å². The molecule has 82 valence electrons. The highest BCUT2D eigenvalue weighted by atomic mass is 35.5. The van der Waals surface area contributed by atoms with E-state index in [1.165, 1.54) is 19.3 Å². The molecule has 0 spiro atoms. The second kappa shape index (κ2) is 6.91. The van der Waals surface area contributed by atoms with Crippen LogP contribution < -0.4 is 0 Å². The fraction of sp³-hybridized carbons (Fsp3) is 0.417. The maximum atomic E-state index is 10.5. The van der Waals surface area contributed by atoms with Crippen LogP contribution in [0.25, 0.3) is 0 Å². The third-order valence-electron chi connectivity index (χ3n) is 2.10. The van der Waals surface area contributed by atoms with E-state index in [0.29, 0.717) is 10.6 Å². The van der Waals surface area contributed by atoms with Crippen molar-refractivity contribution in [3.8, 4) is 0 Å². The normalized spacial score (nSPS) is 10.3. The first-order valence-electron chi connectivity index (χ1n) is 5.15. The molecule has 1 rings (SSSR count). The summed E-state index contributed by atoms with van der Waals surface area (Å²) in [5.41, 5.74) is 0.637. The zero-order chi connectivity index (χ0) is 11.1. The van der Waals surface area contributed by atoms with E-state index in [4.69, 9.17) is 11.6 Å². The molecule has 1 aromatic rings. The van der Waals surface area contributed by atoms with Crippen LogP contribution in [-0.4, -0.2) is 12.0 Å². The maximum Gasteiger partial charge on any atom is 0.150 e. The van der Waals surface area contributed by atoms with Gasteiger partial charge in [-0.25, -0.2) is 0 Å². The molecule has 0 unspecified atom stereocenters. The number of aldehydes is 1. The molecule has 0 aliphatic rings. The molecule has 3 heteroatoms. The van der Waals surface area contributed by atoms with Gasteiger partial charge < -0.3 is 0 Å². The summed E-state index contributed by atoms with van der Waals surface area (Å²) in [6, 6.07) is 5.44. The summed E-state index contributed by atoms with van der Waals surface area (Å²) < 4.78 is 0. The Kier molecular flexibility index (Phi) is 5.81. The first-order valence-corrected chi connectivity index (χ1v) is 6.51. The smallest absolute Gasteiger partial charge is 0.150 e. The molecule has 0 radical (unpaired) electrons. The van der Waals surface area contributed by atoms with Gasteiger partial charge in [0.1, 0.15) is 6.29 Å². The number of halogens is 1. The molecule has 15 heavy (non-hydrogen) atoms. The fourth-order valence-corrected chi connectivity index (χ4v) is 2.52. The van der Waals surface area contributed by atoms with Gasteiger partial charge in [0, 0.05) is 10.5 Å². The van der Waals surface area contributed by atoms with Crippen LogP contribution in [0, 0.1) is 0 Å². The van der Waals surface area contributed by atoms with Crippen LogP contribution >= 0.6 is 23.4 Å². The monoisotopic (exact) mass is 242 g/mol. The van der Waals surface area contributed by atoms with E-state index in [0.717, 1.165) is 16.9 Å². The van der Waals surface area contributed by atoms with Crippen LogP contribution in [0.1, 0.15) is 36.5 Å². The third kappa shape index (κ3) is 4.27. The van der Waals surface area contributed by atoms with Gasteiger partial charge in [-0.2, -0.15) is 0 Å². The van der Waals surface area contributed by atoms with Crippen molar-refractivity contribution in [2.45, 2.75) is 31.1 Å². The number of unbranched alkanes of at least 4 members (excludes halogenated alkanes) is 2. The Morgan fingerprint density at radius 1 is 1.40 bits per heavy atom. The van der Waals surface area contributed by atoms with Crippen LogP contribution in [0.15, 0.2) is 23.1 Å². The van der Waals surface area contributed by atoms with Crippen molar-refractivity contribution in [2.24, 2.45) is 0 Å². The zero-order valence-corrected chi connectivity index (χ0v) is 10.4. The lowest BCUT2D eigenvalue weighted by atomic mass is 10.2. The number of thioether (sulfide) groups is 1. The average molecular weight is 243 g/mol. The number of benzene rings is 1. The molecular formula is C12H15ClOS. The molecule has 0 saturated carbocycles. The third-order valence-corrected chi connectivity index (χ3v) is 3.68. The average Bonchev–Trinajstić information content (AvgIpc) is 2.26. The van der Waals surface area contributed by atoms with E-state index in [2.05, 4.69) is 6.92 Å². The molecule has 1 nitrogen and oxygen atoms in total. The fourth-order valence-electron chi connectivity index (χ4n) is 1.24. The highest BCUT2D eigenvalue weighted by Gasteiger charge is 2.01. The topological polar surface area (TPSA) is 17.1 Å². The number of hydrogen-bond donors (Lipinski definition) is 0. The minimum Gasteiger partial charge on any atom is -0.298 e. The standard InChI is InChI=1S/C12H15ClOS/c1-2-3-4-7-15-12-6-5-10(9-14)8-11(12)13/h5-6,8-9H,2-4,7H2,1H3. The molecule has 0 amide bonds.